The third-order valence-corrected chi connectivity index (χ3v) is 3.78. The van der Waals surface area contributed by atoms with Crippen LogP contribution in [0.15, 0.2) is 12.1 Å². The minimum absolute atomic E-state index is 0.104. The van der Waals surface area contributed by atoms with Crippen LogP contribution in [0.5, 0.6) is 0 Å². The Morgan fingerprint density at radius 3 is 3.00 bits per heavy atom. The predicted molar refractivity (Wildman–Crippen MR) is 64.1 cm³/mol. The Morgan fingerprint density at radius 2 is 2.41 bits per heavy atom. The number of thiophene rings is 1. The maximum Gasteiger partial charge on any atom is 0.345 e. The van der Waals surface area contributed by atoms with Crippen molar-refractivity contribution in [1.29, 1.82) is 0 Å². The highest BCUT2D eigenvalue weighted by Crippen LogP contribution is 2.16. The van der Waals surface area contributed by atoms with Gasteiger partial charge in [-0.15, -0.1) is 11.3 Å². The van der Waals surface area contributed by atoms with Crippen molar-refractivity contribution in [2.45, 2.75) is 25.4 Å². The van der Waals surface area contributed by atoms with Gasteiger partial charge < -0.3 is 15.7 Å². The molecule has 1 fully saturated rings. The first-order valence-electron chi connectivity index (χ1n) is 5.47. The van der Waals surface area contributed by atoms with Gasteiger partial charge in [0.15, 0.2) is 0 Å². The van der Waals surface area contributed by atoms with Crippen molar-refractivity contribution in [3.63, 3.8) is 0 Å². The molecule has 2 rings (SSSR count). The van der Waals surface area contributed by atoms with Gasteiger partial charge in [0.25, 0.3) is 0 Å². The van der Waals surface area contributed by atoms with Crippen molar-refractivity contribution in [2.24, 2.45) is 0 Å². The van der Waals surface area contributed by atoms with Crippen LogP contribution in [-0.2, 0) is 11.3 Å². The number of piperidine rings is 1. The molecular weight excluding hydrogens is 240 g/mol. The van der Waals surface area contributed by atoms with E-state index >= 15 is 0 Å². The molecule has 2 heterocycles. The van der Waals surface area contributed by atoms with E-state index in [0.29, 0.717) is 24.4 Å². The van der Waals surface area contributed by atoms with Crippen LogP contribution in [0, 0.1) is 0 Å². The van der Waals surface area contributed by atoms with Crippen LogP contribution in [0.4, 0.5) is 0 Å². The number of aromatic carboxylic acids is 1. The lowest BCUT2D eigenvalue weighted by molar-refractivity contribution is -0.122. The number of carbonyl (C=O) groups is 2. The van der Waals surface area contributed by atoms with E-state index < -0.39 is 5.97 Å². The molecule has 1 amide bonds. The molecule has 1 aromatic rings. The molecule has 1 aliphatic rings. The van der Waals surface area contributed by atoms with Crippen LogP contribution in [-0.4, -0.2) is 29.6 Å². The first-order chi connectivity index (χ1) is 8.15. The minimum atomic E-state index is -0.883. The summed E-state index contributed by atoms with van der Waals surface area (Å²) in [6, 6.07) is 3.72. The SMILES string of the molecule is O=C1CCC(NCc2ccc(C(=O)O)s2)CN1. The van der Waals surface area contributed by atoms with E-state index in [1.807, 2.05) is 6.07 Å². The molecule has 5 nitrogen and oxygen atoms in total. The summed E-state index contributed by atoms with van der Waals surface area (Å²) in [5, 5.41) is 14.9. The third-order valence-electron chi connectivity index (χ3n) is 2.70. The lowest BCUT2D eigenvalue weighted by Crippen LogP contribution is -2.45. The fourth-order valence-electron chi connectivity index (χ4n) is 1.74. The molecule has 1 aromatic heterocycles. The second-order valence-corrected chi connectivity index (χ2v) is 5.16. The van der Waals surface area contributed by atoms with E-state index in [1.54, 1.807) is 6.07 Å². The van der Waals surface area contributed by atoms with E-state index in [0.717, 1.165) is 11.3 Å². The lowest BCUT2D eigenvalue weighted by atomic mass is 10.1. The van der Waals surface area contributed by atoms with Gasteiger partial charge in [0.1, 0.15) is 4.88 Å². The molecule has 1 saturated heterocycles. The summed E-state index contributed by atoms with van der Waals surface area (Å²) in [6.45, 7) is 1.30. The van der Waals surface area contributed by atoms with Crippen molar-refractivity contribution in [3.8, 4) is 0 Å². The first-order valence-corrected chi connectivity index (χ1v) is 6.29. The highest BCUT2D eigenvalue weighted by Gasteiger charge is 2.17. The summed E-state index contributed by atoms with van der Waals surface area (Å²) in [5.74, 6) is -0.779. The molecule has 92 valence electrons. The molecule has 0 saturated carbocycles. The van der Waals surface area contributed by atoms with Gasteiger partial charge in [0.05, 0.1) is 0 Å². The van der Waals surface area contributed by atoms with Gasteiger partial charge in [0.2, 0.25) is 5.91 Å². The zero-order valence-electron chi connectivity index (χ0n) is 9.23. The molecule has 0 spiro atoms. The van der Waals surface area contributed by atoms with E-state index in [4.69, 9.17) is 5.11 Å². The largest absolute Gasteiger partial charge is 0.477 e. The molecule has 0 aromatic carbocycles. The van der Waals surface area contributed by atoms with Crippen LogP contribution in [0.2, 0.25) is 0 Å². The summed E-state index contributed by atoms with van der Waals surface area (Å²) in [4.78, 5) is 23.0. The highest BCUT2D eigenvalue weighted by molar-refractivity contribution is 7.13. The molecular formula is C11H14N2O3S. The Hall–Kier alpha value is -1.40. The zero-order chi connectivity index (χ0) is 12.3. The molecule has 0 bridgehead atoms. The van der Waals surface area contributed by atoms with Crippen molar-refractivity contribution < 1.29 is 14.7 Å². The number of carbonyl (C=O) groups excluding carboxylic acids is 1. The van der Waals surface area contributed by atoms with Crippen LogP contribution in [0.25, 0.3) is 0 Å². The van der Waals surface area contributed by atoms with Crippen molar-refractivity contribution in [3.05, 3.63) is 21.9 Å². The minimum Gasteiger partial charge on any atom is -0.477 e. The van der Waals surface area contributed by atoms with Crippen LogP contribution < -0.4 is 10.6 Å². The van der Waals surface area contributed by atoms with E-state index in [9.17, 15) is 9.59 Å². The fraction of sp³-hybridized carbons (Fsp3) is 0.455. The van der Waals surface area contributed by atoms with Gasteiger partial charge in [-0.3, -0.25) is 4.79 Å². The average Bonchev–Trinajstić information content (AvgIpc) is 2.77. The van der Waals surface area contributed by atoms with Crippen LogP contribution in [0.3, 0.4) is 0 Å². The molecule has 0 radical (unpaired) electrons. The molecule has 3 N–H and O–H groups in total. The van der Waals surface area contributed by atoms with E-state index in [-0.39, 0.29) is 11.9 Å². The Labute approximate surface area is 103 Å². The second-order valence-electron chi connectivity index (χ2n) is 3.99. The Kier molecular flexibility index (Phi) is 3.75. The smallest absolute Gasteiger partial charge is 0.345 e. The predicted octanol–water partition coefficient (Wildman–Crippen LogP) is 0.815. The van der Waals surface area contributed by atoms with Gasteiger partial charge in [-0.1, -0.05) is 0 Å². The molecule has 1 atom stereocenters. The van der Waals surface area contributed by atoms with Gasteiger partial charge in [0, 0.05) is 30.4 Å². The Morgan fingerprint density at radius 1 is 1.59 bits per heavy atom. The van der Waals surface area contributed by atoms with Gasteiger partial charge in [-0.05, 0) is 18.6 Å². The standard InChI is InChI=1S/C11H14N2O3S/c14-10-4-1-7(5-13-10)12-6-8-2-3-9(17-8)11(15)16/h2-3,7,12H,1,4-6H2,(H,13,14)(H,15,16). The van der Waals surface area contributed by atoms with Gasteiger partial charge in [-0.25, -0.2) is 4.79 Å². The topological polar surface area (TPSA) is 78.4 Å². The highest BCUT2D eigenvalue weighted by atomic mass is 32.1. The number of hydrogen-bond acceptors (Lipinski definition) is 4. The number of nitrogens with one attached hydrogen (secondary N) is 2. The maximum absolute atomic E-state index is 11.0. The summed E-state index contributed by atoms with van der Waals surface area (Å²) >= 11 is 1.28. The van der Waals surface area contributed by atoms with Gasteiger partial charge in [-0.2, -0.15) is 0 Å². The summed E-state index contributed by atoms with van der Waals surface area (Å²) < 4.78 is 0. The number of amides is 1. The monoisotopic (exact) mass is 254 g/mol. The quantitative estimate of drug-likeness (QED) is 0.743. The molecule has 1 unspecified atom stereocenters. The summed E-state index contributed by atoms with van der Waals surface area (Å²) in [5.41, 5.74) is 0. The van der Waals surface area contributed by atoms with Crippen LogP contribution in [0.1, 0.15) is 27.4 Å². The third kappa shape index (κ3) is 3.28. The normalized spacial score (nSPS) is 20.0. The summed E-state index contributed by atoms with van der Waals surface area (Å²) in [6.07, 6.45) is 1.39. The van der Waals surface area contributed by atoms with E-state index in [2.05, 4.69) is 10.6 Å². The second kappa shape index (κ2) is 5.29. The van der Waals surface area contributed by atoms with Crippen molar-refractivity contribution in [2.75, 3.05) is 6.54 Å². The van der Waals surface area contributed by atoms with Crippen LogP contribution >= 0.6 is 11.3 Å². The summed E-state index contributed by atoms with van der Waals surface area (Å²) in [7, 11) is 0. The lowest BCUT2D eigenvalue weighted by Gasteiger charge is -2.23. The number of carboxylic acids is 1. The molecule has 0 aliphatic carbocycles. The van der Waals surface area contributed by atoms with Gasteiger partial charge >= 0.3 is 5.97 Å². The Bertz CT molecular complexity index is 420. The first kappa shape index (κ1) is 12.1. The molecule has 6 heteroatoms. The molecule has 17 heavy (non-hydrogen) atoms. The number of carboxylic acid groups (broad SMARTS) is 1. The molecule has 1 aliphatic heterocycles. The van der Waals surface area contributed by atoms with Crippen molar-refractivity contribution >= 4 is 23.2 Å². The number of rotatable bonds is 4. The van der Waals surface area contributed by atoms with E-state index in [1.165, 1.54) is 11.3 Å². The average molecular weight is 254 g/mol. The maximum atomic E-state index is 11.0. The number of hydrogen-bond donors (Lipinski definition) is 3. The zero-order valence-corrected chi connectivity index (χ0v) is 10.0. The fourth-order valence-corrected chi connectivity index (χ4v) is 2.54. The van der Waals surface area contributed by atoms with Crippen molar-refractivity contribution in [1.82, 2.24) is 10.6 Å². The Balaban J connectivity index is 1.81.